The Morgan fingerprint density at radius 2 is 1.90 bits per heavy atom. The highest BCUT2D eigenvalue weighted by molar-refractivity contribution is 6.31. The number of imide groups is 1. The molecule has 0 saturated heterocycles. The van der Waals surface area contributed by atoms with Crippen LogP contribution in [0.25, 0.3) is 10.9 Å². The summed E-state index contributed by atoms with van der Waals surface area (Å²) in [6, 6.07) is 15.6. The fourth-order valence-corrected chi connectivity index (χ4v) is 4.59. The molecule has 1 aliphatic rings. The maximum atomic E-state index is 12.5. The first-order valence-corrected chi connectivity index (χ1v) is 10.5. The van der Waals surface area contributed by atoms with Gasteiger partial charge in [0.05, 0.1) is 6.54 Å². The Morgan fingerprint density at radius 3 is 2.67 bits per heavy atom. The average Bonchev–Trinajstić information content (AvgIpc) is 3.11. The number of carbonyl (C=O) groups excluding carboxylic acids is 2. The first kappa shape index (κ1) is 20.4. The van der Waals surface area contributed by atoms with Crippen molar-refractivity contribution in [3.8, 4) is 0 Å². The van der Waals surface area contributed by atoms with E-state index in [0.717, 1.165) is 16.8 Å². The van der Waals surface area contributed by atoms with Crippen LogP contribution in [0.2, 0.25) is 5.02 Å². The van der Waals surface area contributed by atoms with Crippen LogP contribution in [0.15, 0.2) is 48.5 Å². The molecule has 2 unspecified atom stereocenters. The second kappa shape index (κ2) is 8.50. The fraction of sp³-hybridized carbons (Fsp3) is 0.304. The number of urea groups is 1. The molecule has 0 radical (unpaired) electrons. The number of fused-ring (bicyclic) bond motifs is 3. The lowest BCUT2D eigenvalue weighted by Crippen LogP contribution is -2.47. The topological polar surface area (TPSA) is 77.2 Å². The molecule has 1 aromatic heterocycles. The molecular formula is C23H25ClN4O2. The van der Waals surface area contributed by atoms with Crippen LogP contribution in [0, 0.1) is 0 Å². The minimum Gasteiger partial charge on any atom is -0.357 e. The third-order valence-corrected chi connectivity index (χ3v) is 6.07. The van der Waals surface area contributed by atoms with Crippen LogP contribution in [0.4, 0.5) is 4.79 Å². The van der Waals surface area contributed by atoms with Crippen LogP contribution in [-0.4, -0.2) is 41.5 Å². The molecule has 6 nitrogen and oxygen atoms in total. The van der Waals surface area contributed by atoms with Crippen LogP contribution in [0.5, 0.6) is 0 Å². The summed E-state index contributed by atoms with van der Waals surface area (Å²) in [5, 5.41) is 6.87. The van der Waals surface area contributed by atoms with Crippen molar-refractivity contribution in [2.24, 2.45) is 0 Å². The van der Waals surface area contributed by atoms with Gasteiger partial charge in [-0.05, 0) is 37.1 Å². The van der Waals surface area contributed by atoms with Crippen LogP contribution in [0.1, 0.15) is 42.6 Å². The minimum absolute atomic E-state index is 0.00822. The summed E-state index contributed by atoms with van der Waals surface area (Å²) in [6.45, 7) is 5.10. The van der Waals surface area contributed by atoms with Gasteiger partial charge >= 0.3 is 6.03 Å². The van der Waals surface area contributed by atoms with Crippen molar-refractivity contribution in [2.75, 3.05) is 19.6 Å². The van der Waals surface area contributed by atoms with Crippen LogP contribution < -0.4 is 10.6 Å². The number of amides is 3. The van der Waals surface area contributed by atoms with Crippen molar-refractivity contribution in [2.45, 2.75) is 25.8 Å². The van der Waals surface area contributed by atoms with Gasteiger partial charge in [-0.25, -0.2) is 4.79 Å². The van der Waals surface area contributed by atoms with E-state index in [1.807, 2.05) is 43.3 Å². The van der Waals surface area contributed by atoms with Gasteiger partial charge in [0.2, 0.25) is 5.91 Å². The Bertz CT molecular complexity index is 1090. The molecule has 3 amide bonds. The highest BCUT2D eigenvalue weighted by atomic mass is 35.5. The summed E-state index contributed by atoms with van der Waals surface area (Å²) in [7, 11) is 0. The number of rotatable bonds is 4. The molecule has 0 fully saturated rings. The van der Waals surface area contributed by atoms with Gasteiger partial charge in [0.25, 0.3) is 0 Å². The highest BCUT2D eigenvalue weighted by Crippen LogP contribution is 2.44. The maximum Gasteiger partial charge on any atom is 0.321 e. The number of carbonyl (C=O) groups is 2. The number of hydrogen-bond acceptors (Lipinski definition) is 3. The largest absolute Gasteiger partial charge is 0.357 e. The van der Waals surface area contributed by atoms with Crippen LogP contribution >= 0.6 is 11.6 Å². The van der Waals surface area contributed by atoms with Crippen molar-refractivity contribution in [3.63, 3.8) is 0 Å². The molecule has 2 aromatic carbocycles. The van der Waals surface area contributed by atoms with Crippen LogP contribution in [-0.2, 0) is 4.79 Å². The zero-order valence-corrected chi connectivity index (χ0v) is 17.8. The molecule has 3 aromatic rings. The van der Waals surface area contributed by atoms with Crippen LogP contribution in [0.3, 0.4) is 0 Å². The Morgan fingerprint density at radius 1 is 1.17 bits per heavy atom. The number of H-pyrrole nitrogens is 1. The minimum atomic E-state index is -0.471. The molecule has 1 aliphatic heterocycles. The number of nitrogens with one attached hydrogen (secondary N) is 3. The third kappa shape index (κ3) is 3.80. The predicted molar refractivity (Wildman–Crippen MR) is 119 cm³/mol. The molecule has 2 atom stereocenters. The summed E-state index contributed by atoms with van der Waals surface area (Å²) in [5.74, 6) is -0.316. The lowest BCUT2D eigenvalue weighted by molar-refractivity contribution is -0.121. The van der Waals surface area contributed by atoms with Gasteiger partial charge < -0.3 is 10.3 Å². The normalized spacial score (nSPS) is 18.8. The summed E-state index contributed by atoms with van der Waals surface area (Å²) in [4.78, 5) is 29.9. The Balaban J connectivity index is 1.72. The van der Waals surface area contributed by atoms with Gasteiger partial charge in [-0.3, -0.25) is 15.0 Å². The van der Waals surface area contributed by atoms with Crippen molar-refractivity contribution in [3.05, 3.63) is 70.4 Å². The molecule has 0 bridgehead atoms. The number of aromatic amines is 1. The first-order chi connectivity index (χ1) is 14.5. The van der Waals surface area contributed by atoms with Gasteiger partial charge in [0.1, 0.15) is 0 Å². The number of nitrogens with zero attached hydrogens (tertiary/aromatic N) is 1. The van der Waals surface area contributed by atoms with E-state index in [-0.39, 0.29) is 24.4 Å². The van der Waals surface area contributed by atoms with E-state index in [1.165, 1.54) is 10.9 Å². The number of hydrogen-bond donors (Lipinski definition) is 3. The average molecular weight is 425 g/mol. The SMILES string of the molecule is CCNC(=O)NC(=O)CN1CC(c2ccccc2Cl)c2c([nH]c3ccccc23)C1C. The molecular weight excluding hydrogens is 400 g/mol. The molecule has 0 saturated carbocycles. The Hall–Kier alpha value is -2.83. The van der Waals surface area contributed by atoms with Gasteiger partial charge in [-0.15, -0.1) is 0 Å². The number of para-hydroxylation sites is 1. The van der Waals surface area contributed by atoms with E-state index in [9.17, 15) is 9.59 Å². The van der Waals surface area contributed by atoms with E-state index in [2.05, 4.69) is 39.6 Å². The van der Waals surface area contributed by atoms with Crippen molar-refractivity contribution in [1.82, 2.24) is 20.5 Å². The predicted octanol–water partition coefficient (Wildman–Crippen LogP) is 4.18. The lowest BCUT2D eigenvalue weighted by Gasteiger charge is -2.38. The van der Waals surface area contributed by atoms with E-state index >= 15 is 0 Å². The monoisotopic (exact) mass is 424 g/mol. The van der Waals surface area contributed by atoms with Gasteiger partial charge in [-0.2, -0.15) is 0 Å². The van der Waals surface area contributed by atoms with Gasteiger partial charge in [0.15, 0.2) is 0 Å². The summed E-state index contributed by atoms with van der Waals surface area (Å²) < 4.78 is 0. The second-order valence-corrected chi connectivity index (χ2v) is 7.99. The molecule has 4 rings (SSSR count). The molecule has 3 N–H and O–H groups in total. The van der Waals surface area contributed by atoms with Gasteiger partial charge in [-0.1, -0.05) is 48.0 Å². The summed E-state index contributed by atoms with van der Waals surface area (Å²) in [5.41, 5.74) is 4.41. The molecule has 0 spiro atoms. The number of aromatic nitrogens is 1. The third-order valence-electron chi connectivity index (χ3n) is 5.73. The maximum absolute atomic E-state index is 12.5. The molecule has 30 heavy (non-hydrogen) atoms. The Kier molecular flexibility index (Phi) is 5.79. The quantitative estimate of drug-likeness (QED) is 0.588. The van der Waals surface area contributed by atoms with Crippen molar-refractivity contribution >= 4 is 34.4 Å². The second-order valence-electron chi connectivity index (χ2n) is 7.59. The summed E-state index contributed by atoms with van der Waals surface area (Å²) >= 11 is 6.57. The highest BCUT2D eigenvalue weighted by Gasteiger charge is 2.36. The van der Waals surface area contributed by atoms with E-state index in [4.69, 9.17) is 11.6 Å². The first-order valence-electron chi connectivity index (χ1n) is 10.2. The summed E-state index contributed by atoms with van der Waals surface area (Å²) in [6.07, 6.45) is 0. The van der Waals surface area contributed by atoms with E-state index in [0.29, 0.717) is 18.1 Å². The van der Waals surface area contributed by atoms with Crippen molar-refractivity contribution in [1.29, 1.82) is 0 Å². The smallest absolute Gasteiger partial charge is 0.321 e. The molecule has 2 heterocycles. The van der Waals surface area contributed by atoms with Crippen molar-refractivity contribution < 1.29 is 9.59 Å². The van der Waals surface area contributed by atoms with E-state index in [1.54, 1.807) is 0 Å². The lowest BCUT2D eigenvalue weighted by atomic mass is 9.83. The fourth-order valence-electron chi connectivity index (χ4n) is 4.32. The molecule has 156 valence electrons. The van der Waals surface area contributed by atoms with E-state index < -0.39 is 6.03 Å². The molecule has 7 heteroatoms. The molecule has 0 aliphatic carbocycles. The zero-order valence-electron chi connectivity index (χ0n) is 17.0. The Labute approximate surface area is 180 Å². The standard InChI is InChI=1S/C23H25ClN4O2/c1-3-25-23(30)27-20(29)13-28-12-17(15-8-4-6-10-18(15)24)21-16-9-5-7-11-19(16)26-22(21)14(28)2/h4-11,14,17,26H,3,12-13H2,1-2H3,(H2,25,27,29,30). The zero-order chi connectivity index (χ0) is 21.3. The van der Waals surface area contributed by atoms with Gasteiger partial charge in [0, 0.05) is 46.7 Å². The number of benzene rings is 2. The number of halogens is 1.